The summed E-state index contributed by atoms with van der Waals surface area (Å²) in [5, 5.41) is 11.8. The van der Waals surface area contributed by atoms with Gasteiger partial charge >= 0.3 is 5.97 Å². The molecule has 110 valence electrons. The summed E-state index contributed by atoms with van der Waals surface area (Å²) in [7, 11) is 0. The van der Waals surface area contributed by atoms with Crippen molar-refractivity contribution in [2.45, 2.75) is 32.4 Å². The fourth-order valence-electron chi connectivity index (χ4n) is 1.49. The maximum Gasteiger partial charge on any atom is 0.305 e. The second-order valence-corrected chi connectivity index (χ2v) is 5.63. The van der Waals surface area contributed by atoms with Crippen molar-refractivity contribution in [2.24, 2.45) is 0 Å². The normalized spacial score (nSPS) is 13.4. The van der Waals surface area contributed by atoms with E-state index in [1.165, 1.54) is 0 Å². The molecule has 5 nitrogen and oxygen atoms in total. The molecule has 1 aromatic rings. The summed E-state index contributed by atoms with van der Waals surface area (Å²) in [5.74, 6) is -0.852. The van der Waals surface area contributed by atoms with Gasteiger partial charge in [-0.25, -0.2) is 0 Å². The summed E-state index contributed by atoms with van der Waals surface area (Å²) in [5.41, 5.74) is 0. The zero-order chi connectivity index (χ0) is 15.3. The summed E-state index contributed by atoms with van der Waals surface area (Å²) in [6.45, 7) is 3.21. The van der Waals surface area contributed by atoms with E-state index < -0.39 is 18.1 Å². The fraction of sp³-hybridized carbons (Fsp3) is 0.385. The van der Waals surface area contributed by atoms with Crippen LogP contribution in [0.5, 0.6) is 5.75 Å². The van der Waals surface area contributed by atoms with Gasteiger partial charge in [-0.1, -0.05) is 11.6 Å². The number of carboxylic acid groups (broad SMARTS) is 1. The molecule has 1 rings (SSSR count). The van der Waals surface area contributed by atoms with Gasteiger partial charge in [0.25, 0.3) is 5.91 Å². The van der Waals surface area contributed by atoms with Crippen LogP contribution in [0.25, 0.3) is 0 Å². The monoisotopic (exact) mass is 363 g/mol. The molecule has 0 fully saturated rings. The largest absolute Gasteiger partial charge is 0.481 e. The van der Waals surface area contributed by atoms with Crippen LogP contribution in [0.15, 0.2) is 22.7 Å². The number of hydrogen-bond donors (Lipinski definition) is 2. The predicted octanol–water partition coefficient (Wildman–Crippen LogP) is 2.85. The zero-order valence-corrected chi connectivity index (χ0v) is 13.4. The van der Waals surface area contributed by atoms with Crippen molar-refractivity contribution in [3.63, 3.8) is 0 Å². The first-order valence-electron chi connectivity index (χ1n) is 5.93. The SMILES string of the molecule is CC(CC(=O)O)NC(=O)C(C)Oc1ccc(Cl)cc1Br. The van der Waals surface area contributed by atoms with Crippen molar-refractivity contribution in [1.29, 1.82) is 0 Å². The number of benzene rings is 1. The number of carbonyl (C=O) groups is 2. The molecule has 0 aromatic heterocycles. The zero-order valence-electron chi connectivity index (χ0n) is 11.0. The molecule has 2 N–H and O–H groups in total. The minimum Gasteiger partial charge on any atom is -0.481 e. The van der Waals surface area contributed by atoms with Gasteiger partial charge < -0.3 is 15.2 Å². The lowest BCUT2D eigenvalue weighted by Gasteiger charge is -2.18. The van der Waals surface area contributed by atoms with Crippen LogP contribution in [-0.4, -0.2) is 29.1 Å². The van der Waals surface area contributed by atoms with Crippen LogP contribution in [0.4, 0.5) is 0 Å². The third kappa shape index (κ3) is 5.38. The van der Waals surface area contributed by atoms with E-state index in [1.54, 1.807) is 32.0 Å². The van der Waals surface area contributed by atoms with Gasteiger partial charge in [0.15, 0.2) is 6.10 Å². The minimum atomic E-state index is -0.966. The van der Waals surface area contributed by atoms with Gasteiger partial charge in [-0.2, -0.15) is 0 Å². The Morgan fingerprint density at radius 3 is 2.65 bits per heavy atom. The van der Waals surface area contributed by atoms with Crippen LogP contribution >= 0.6 is 27.5 Å². The number of hydrogen-bond acceptors (Lipinski definition) is 3. The second-order valence-electron chi connectivity index (χ2n) is 4.34. The lowest BCUT2D eigenvalue weighted by Crippen LogP contribution is -2.42. The molecule has 0 aliphatic carbocycles. The van der Waals surface area contributed by atoms with Crippen LogP contribution in [0.1, 0.15) is 20.3 Å². The van der Waals surface area contributed by atoms with Gasteiger partial charge in [0, 0.05) is 11.1 Å². The third-order valence-corrected chi connectivity index (χ3v) is 3.29. The number of ether oxygens (including phenoxy) is 1. The summed E-state index contributed by atoms with van der Waals surface area (Å²) >= 11 is 9.10. The van der Waals surface area contributed by atoms with E-state index in [9.17, 15) is 9.59 Å². The Bertz CT molecular complexity index is 509. The molecule has 1 amide bonds. The van der Waals surface area contributed by atoms with Gasteiger partial charge in [0.1, 0.15) is 5.75 Å². The Balaban J connectivity index is 2.59. The molecule has 0 heterocycles. The van der Waals surface area contributed by atoms with E-state index >= 15 is 0 Å². The molecule has 0 spiro atoms. The van der Waals surface area contributed by atoms with E-state index in [0.29, 0.717) is 15.2 Å². The molecule has 7 heteroatoms. The molecule has 0 radical (unpaired) electrons. The van der Waals surface area contributed by atoms with E-state index in [0.717, 1.165) is 0 Å². The van der Waals surface area contributed by atoms with Gasteiger partial charge in [-0.05, 0) is 48.0 Å². The van der Waals surface area contributed by atoms with Crippen LogP contribution in [0.2, 0.25) is 5.02 Å². The van der Waals surface area contributed by atoms with Crippen molar-refractivity contribution < 1.29 is 19.4 Å². The molecular weight excluding hydrogens is 350 g/mol. The summed E-state index contributed by atoms with van der Waals surface area (Å²) < 4.78 is 6.14. The number of halogens is 2. The van der Waals surface area contributed by atoms with E-state index in [2.05, 4.69) is 21.2 Å². The summed E-state index contributed by atoms with van der Waals surface area (Å²) in [6.07, 6.45) is -0.882. The Morgan fingerprint density at radius 2 is 2.10 bits per heavy atom. The highest BCUT2D eigenvalue weighted by Crippen LogP contribution is 2.28. The maximum absolute atomic E-state index is 11.8. The highest BCUT2D eigenvalue weighted by Gasteiger charge is 2.19. The number of nitrogens with one attached hydrogen (secondary N) is 1. The molecule has 0 aliphatic heterocycles. The number of carboxylic acids is 1. The lowest BCUT2D eigenvalue weighted by atomic mass is 10.2. The first-order chi connectivity index (χ1) is 9.29. The smallest absolute Gasteiger partial charge is 0.305 e. The molecule has 2 atom stereocenters. The van der Waals surface area contributed by atoms with Crippen LogP contribution in [0.3, 0.4) is 0 Å². The van der Waals surface area contributed by atoms with Gasteiger partial charge in [-0.3, -0.25) is 9.59 Å². The van der Waals surface area contributed by atoms with Gasteiger partial charge in [-0.15, -0.1) is 0 Å². The maximum atomic E-state index is 11.8. The van der Waals surface area contributed by atoms with Crippen molar-refractivity contribution in [2.75, 3.05) is 0 Å². The molecule has 0 saturated carbocycles. The molecule has 0 saturated heterocycles. The summed E-state index contributed by atoms with van der Waals surface area (Å²) in [4.78, 5) is 22.4. The Kier molecular flexibility index (Phi) is 6.29. The molecule has 20 heavy (non-hydrogen) atoms. The Hall–Kier alpha value is -1.27. The molecular formula is C13H15BrClNO4. The molecule has 0 bridgehead atoms. The van der Waals surface area contributed by atoms with Gasteiger partial charge in [0.05, 0.1) is 10.9 Å². The standard InChI is InChI=1S/C13H15BrClNO4/c1-7(5-12(17)18)16-13(19)8(2)20-11-4-3-9(15)6-10(11)14/h3-4,6-8H,5H2,1-2H3,(H,16,19)(H,17,18). The number of aliphatic carboxylic acids is 1. The first-order valence-corrected chi connectivity index (χ1v) is 7.10. The van der Waals surface area contributed by atoms with Gasteiger partial charge in [0.2, 0.25) is 0 Å². The Morgan fingerprint density at radius 1 is 1.45 bits per heavy atom. The second kappa shape index (κ2) is 7.50. The lowest BCUT2D eigenvalue weighted by molar-refractivity contribution is -0.137. The van der Waals surface area contributed by atoms with Crippen LogP contribution in [0, 0.1) is 0 Å². The quantitative estimate of drug-likeness (QED) is 0.814. The molecule has 0 aliphatic rings. The fourth-order valence-corrected chi connectivity index (χ4v) is 2.26. The van der Waals surface area contributed by atoms with E-state index in [1.807, 2.05) is 0 Å². The average Bonchev–Trinajstić information content (AvgIpc) is 2.31. The number of amides is 1. The first kappa shape index (κ1) is 16.8. The van der Waals surface area contributed by atoms with Crippen LogP contribution < -0.4 is 10.1 Å². The molecule has 1 aromatic carbocycles. The average molecular weight is 365 g/mol. The highest BCUT2D eigenvalue weighted by molar-refractivity contribution is 9.10. The van der Waals surface area contributed by atoms with Crippen LogP contribution in [-0.2, 0) is 9.59 Å². The van der Waals surface area contributed by atoms with E-state index in [-0.39, 0.29) is 12.3 Å². The summed E-state index contributed by atoms with van der Waals surface area (Å²) in [6, 6.07) is 4.50. The van der Waals surface area contributed by atoms with Crippen molar-refractivity contribution in [3.8, 4) is 5.75 Å². The highest BCUT2D eigenvalue weighted by atomic mass is 79.9. The topological polar surface area (TPSA) is 75.6 Å². The number of rotatable bonds is 6. The predicted molar refractivity (Wildman–Crippen MR) is 79.1 cm³/mol. The van der Waals surface area contributed by atoms with E-state index in [4.69, 9.17) is 21.4 Å². The number of carbonyl (C=O) groups excluding carboxylic acids is 1. The van der Waals surface area contributed by atoms with Crippen molar-refractivity contribution in [3.05, 3.63) is 27.7 Å². The Labute approximate surface area is 130 Å². The van der Waals surface area contributed by atoms with Crippen molar-refractivity contribution in [1.82, 2.24) is 5.32 Å². The minimum absolute atomic E-state index is 0.136. The van der Waals surface area contributed by atoms with Crippen molar-refractivity contribution >= 4 is 39.4 Å². The molecule has 2 unspecified atom stereocenters. The third-order valence-electron chi connectivity index (χ3n) is 2.44.